The van der Waals surface area contributed by atoms with Crippen LogP contribution < -0.4 is 4.90 Å². The molecule has 0 N–H and O–H groups in total. The molecule has 1 aromatic carbocycles. The highest BCUT2D eigenvalue weighted by Gasteiger charge is 2.43. The number of amides is 1. The van der Waals surface area contributed by atoms with Crippen molar-refractivity contribution >= 4 is 11.6 Å². The van der Waals surface area contributed by atoms with Gasteiger partial charge in [0.05, 0.1) is 6.10 Å². The number of hydrogen-bond donors (Lipinski definition) is 0. The molecule has 0 aliphatic carbocycles. The molecule has 0 aromatic heterocycles. The van der Waals surface area contributed by atoms with E-state index < -0.39 is 0 Å². The van der Waals surface area contributed by atoms with Crippen LogP contribution in [0.4, 0.5) is 10.1 Å². The van der Waals surface area contributed by atoms with Crippen LogP contribution in [-0.2, 0) is 9.53 Å². The molecule has 3 atom stereocenters. The van der Waals surface area contributed by atoms with Gasteiger partial charge in [-0.25, -0.2) is 4.39 Å². The normalized spacial score (nSPS) is 30.4. The fourth-order valence-corrected chi connectivity index (χ4v) is 4.23. The number of piperidine rings is 1. The van der Waals surface area contributed by atoms with Crippen LogP contribution in [0.15, 0.2) is 24.3 Å². The summed E-state index contributed by atoms with van der Waals surface area (Å²) in [4.78, 5) is 19.1. The summed E-state index contributed by atoms with van der Waals surface area (Å²) < 4.78 is 19.6. The van der Waals surface area contributed by atoms with Crippen LogP contribution in [0.1, 0.15) is 12.8 Å². The van der Waals surface area contributed by atoms with Gasteiger partial charge in [0.15, 0.2) is 0 Å². The molecule has 0 unspecified atom stereocenters. The Hall–Kier alpha value is -1.66. The van der Waals surface area contributed by atoms with E-state index in [0.29, 0.717) is 5.92 Å². The molecule has 4 rings (SSSR count). The maximum Gasteiger partial charge on any atom is 0.251 e. The summed E-state index contributed by atoms with van der Waals surface area (Å²) in [7, 11) is 2.09. The van der Waals surface area contributed by atoms with Crippen LogP contribution in [0.3, 0.4) is 0 Å². The van der Waals surface area contributed by atoms with Gasteiger partial charge in [0.25, 0.3) is 5.91 Å². The Morgan fingerprint density at radius 1 is 1.20 bits per heavy atom. The van der Waals surface area contributed by atoms with E-state index in [0.717, 1.165) is 57.8 Å². The summed E-state index contributed by atoms with van der Waals surface area (Å²) in [5, 5.41) is 0. The van der Waals surface area contributed by atoms with Gasteiger partial charge in [-0.15, -0.1) is 0 Å². The van der Waals surface area contributed by atoms with Crippen molar-refractivity contribution in [2.75, 3.05) is 51.2 Å². The van der Waals surface area contributed by atoms with Gasteiger partial charge in [-0.2, -0.15) is 0 Å². The highest BCUT2D eigenvalue weighted by Crippen LogP contribution is 2.35. The molecule has 136 valence electrons. The van der Waals surface area contributed by atoms with Crippen LogP contribution in [0.25, 0.3) is 0 Å². The summed E-state index contributed by atoms with van der Waals surface area (Å²) in [6.45, 7) is 5.07. The third-order valence-corrected chi connectivity index (χ3v) is 5.82. The molecule has 0 bridgehead atoms. The minimum Gasteiger partial charge on any atom is -0.369 e. The van der Waals surface area contributed by atoms with Crippen molar-refractivity contribution < 1.29 is 13.9 Å². The van der Waals surface area contributed by atoms with Crippen molar-refractivity contribution in [3.8, 4) is 0 Å². The van der Waals surface area contributed by atoms with Crippen LogP contribution in [-0.4, -0.2) is 74.2 Å². The zero-order chi connectivity index (χ0) is 17.4. The van der Waals surface area contributed by atoms with Crippen LogP contribution in [0.5, 0.6) is 0 Å². The molecule has 0 saturated carbocycles. The van der Waals surface area contributed by atoms with Crippen LogP contribution >= 0.6 is 0 Å². The van der Waals surface area contributed by atoms with Gasteiger partial charge in [0.1, 0.15) is 11.9 Å². The van der Waals surface area contributed by atoms with Gasteiger partial charge in [0, 0.05) is 45.0 Å². The molecule has 1 amide bonds. The first kappa shape index (κ1) is 16.8. The Kier molecular flexibility index (Phi) is 4.65. The smallest absolute Gasteiger partial charge is 0.251 e. The largest absolute Gasteiger partial charge is 0.369 e. The standard InChI is InChI=1S/C19H26FN3O2/c1-21-7-9-22(10-8-21)19(24)17-11-14-5-6-23(13-18(14)25-17)16-4-2-3-15(20)12-16/h2-4,12,14,17-18H,5-11,13H2,1H3/t14-,17+,18+/m1/s1. The number of halogens is 1. The van der Waals surface area contributed by atoms with E-state index in [1.165, 1.54) is 6.07 Å². The zero-order valence-electron chi connectivity index (χ0n) is 14.7. The molecular weight excluding hydrogens is 321 g/mol. The summed E-state index contributed by atoms with van der Waals surface area (Å²) in [5.41, 5.74) is 0.899. The Balaban J connectivity index is 1.37. The van der Waals surface area contributed by atoms with Crippen molar-refractivity contribution in [1.82, 2.24) is 9.80 Å². The highest BCUT2D eigenvalue weighted by molar-refractivity contribution is 5.81. The van der Waals surface area contributed by atoms with Crippen molar-refractivity contribution in [2.45, 2.75) is 25.0 Å². The van der Waals surface area contributed by atoms with Crippen LogP contribution in [0, 0.1) is 11.7 Å². The Labute approximate surface area is 148 Å². The van der Waals surface area contributed by atoms with E-state index in [1.807, 2.05) is 11.0 Å². The first-order valence-corrected chi connectivity index (χ1v) is 9.23. The molecule has 3 heterocycles. The molecule has 0 spiro atoms. The van der Waals surface area contributed by atoms with Crippen molar-refractivity contribution in [3.05, 3.63) is 30.1 Å². The predicted molar refractivity (Wildman–Crippen MR) is 94.1 cm³/mol. The van der Waals surface area contributed by atoms with Gasteiger partial charge in [-0.05, 0) is 44.0 Å². The first-order valence-electron chi connectivity index (χ1n) is 9.23. The second kappa shape index (κ2) is 6.92. The Bertz CT molecular complexity index is 633. The number of benzene rings is 1. The molecule has 3 aliphatic heterocycles. The lowest BCUT2D eigenvalue weighted by molar-refractivity contribution is -0.144. The summed E-state index contributed by atoms with van der Waals surface area (Å²) in [5.74, 6) is 0.376. The monoisotopic (exact) mass is 347 g/mol. The van der Waals surface area contributed by atoms with E-state index >= 15 is 0 Å². The predicted octanol–water partition coefficient (Wildman–Crippen LogP) is 1.58. The number of carbonyl (C=O) groups is 1. The quantitative estimate of drug-likeness (QED) is 0.814. The number of likely N-dealkylation sites (N-methyl/N-ethyl adjacent to an activating group) is 1. The number of hydrogen-bond acceptors (Lipinski definition) is 4. The number of carbonyl (C=O) groups excluding carboxylic acids is 1. The maximum absolute atomic E-state index is 13.5. The lowest BCUT2D eigenvalue weighted by atomic mass is 9.91. The first-order chi connectivity index (χ1) is 12.1. The van der Waals surface area contributed by atoms with Gasteiger partial charge in [-0.3, -0.25) is 4.79 Å². The van der Waals surface area contributed by atoms with Gasteiger partial charge in [-0.1, -0.05) is 6.07 Å². The lowest BCUT2D eigenvalue weighted by Crippen LogP contribution is -2.50. The number of ether oxygens (including phenoxy) is 1. The molecule has 3 saturated heterocycles. The molecule has 1 aromatic rings. The van der Waals surface area contributed by atoms with E-state index in [-0.39, 0.29) is 23.9 Å². The zero-order valence-corrected chi connectivity index (χ0v) is 14.7. The second-order valence-corrected chi connectivity index (χ2v) is 7.50. The molecule has 0 radical (unpaired) electrons. The number of rotatable bonds is 2. The second-order valence-electron chi connectivity index (χ2n) is 7.50. The van der Waals surface area contributed by atoms with Gasteiger partial charge < -0.3 is 19.4 Å². The van der Waals surface area contributed by atoms with Gasteiger partial charge in [0.2, 0.25) is 0 Å². The number of piperazine rings is 1. The maximum atomic E-state index is 13.5. The van der Waals surface area contributed by atoms with Crippen molar-refractivity contribution in [1.29, 1.82) is 0 Å². The topological polar surface area (TPSA) is 36.0 Å². The average Bonchev–Trinajstić information content (AvgIpc) is 3.05. The van der Waals surface area contributed by atoms with Gasteiger partial charge >= 0.3 is 0 Å². The highest BCUT2D eigenvalue weighted by atomic mass is 19.1. The molecule has 6 heteroatoms. The van der Waals surface area contributed by atoms with E-state index in [2.05, 4.69) is 16.8 Å². The SMILES string of the molecule is CN1CCN(C(=O)[C@@H]2C[C@H]3CCN(c4cccc(F)c4)C[C@@H]3O2)CC1. The van der Waals surface area contributed by atoms with E-state index in [9.17, 15) is 9.18 Å². The lowest BCUT2D eigenvalue weighted by Gasteiger charge is -2.35. The molecule has 25 heavy (non-hydrogen) atoms. The Morgan fingerprint density at radius 3 is 2.76 bits per heavy atom. The third-order valence-electron chi connectivity index (χ3n) is 5.82. The fourth-order valence-electron chi connectivity index (χ4n) is 4.23. The molecule has 3 aliphatic rings. The van der Waals surface area contributed by atoms with Crippen LogP contribution in [0.2, 0.25) is 0 Å². The number of fused-ring (bicyclic) bond motifs is 1. The third kappa shape index (κ3) is 3.51. The van der Waals surface area contributed by atoms with Crippen molar-refractivity contribution in [3.63, 3.8) is 0 Å². The van der Waals surface area contributed by atoms with E-state index in [4.69, 9.17) is 4.74 Å². The summed E-state index contributed by atoms with van der Waals surface area (Å²) in [6.07, 6.45) is 1.59. The number of nitrogens with zero attached hydrogens (tertiary/aromatic N) is 3. The molecular formula is C19H26FN3O2. The average molecular weight is 347 g/mol. The summed E-state index contributed by atoms with van der Waals surface area (Å²) >= 11 is 0. The fraction of sp³-hybridized carbons (Fsp3) is 0.632. The minimum absolute atomic E-state index is 0.0680. The van der Waals surface area contributed by atoms with Crippen molar-refractivity contribution in [2.24, 2.45) is 5.92 Å². The molecule has 5 nitrogen and oxygen atoms in total. The Morgan fingerprint density at radius 2 is 2.00 bits per heavy atom. The summed E-state index contributed by atoms with van der Waals surface area (Å²) in [6, 6.07) is 6.71. The molecule has 3 fully saturated rings. The van der Waals surface area contributed by atoms with E-state index in [1.54, 1.807) is 12.1 Å². The number of anilines is 1. The minimum atomic E-state index is -0.300.